The van der Waals surface area contributed by atoms with Crippen molar-refractivity contribution in [3.05, 3.63) is 37.7 Å². The van der Waals surface area contributed by atoms with Gasteiger partial charge in [0.2, 0.25) is 0 Å². The van der Waals surface area contributed by atoms with Crippen molar-refractivity contribution >= 4 is 0 Å². The molecule has 0 aliphatic carbocycles. The average Bonchev–Trinajstić information content (AvgIpc) is 2.03. The lowest BCUT2D eigenvalue weighted by molar-refractivity contribution is 0.263. The van der Waals surface area contributed by atoms with E-state index in [2.05, 4.69) is 45.8 Å². The molecule has 0 heterocycles. The van der Waals surface area contributed by atoms with Crippen LogP contribution in [0.25, 0.3) is 0 Å². The number of hydrogen-bond acceptors (Lipinski definition) is 1. The summed E-state index contributed by atoms with van der Waals surface area (Å²) < 4.78 is 0. The van der Waals surface area contributed by atoms with Crippen molar-refractivity contribution in [2.45, 2.75) is 27.2 Å². The molecule has 1 atom stereocenters. The van der Waals surface area contributed by atoms with Crippen molar-refractivity contribution in [3.63, 3.8) is 0 Å². The van der Waals surface area contributed by atoms with Gasteiger partial charge < -0.3 is 5.32 Å². The minimum absolute atomic E-state index is 0.203. The van der Waals surface area contributed by atoms with Gasteiger partial charge in [-0.3, -0.25) is 0 Å². The molecule has 0 radical (unpaired) electrons. The Morgan fingerprint density at radius 1 is 1.46 bits per heavy atom. The lowest BCUT2D eigenvalue weighted by atomic mass is 9.76. The van der Waals surface area contributed by atoms with Crippen LogP contribution in [0.15, 0.2) is 37.7 Å². The fourth-order valence-electron chi connectivity index (χ4n) is 1.28. The van der Waals surface area contributed by atoms with E-state index in [0.717, 1.165) is 12.1 Å². The topological polar surface area (TPSA) is 12.0 Å². The Bertz CT molecular complexity index is 201. The number of hydrogen-bond donors (Lipinski definition) is 1. The highest BCUT2D eigenvalue weighted by molar-refractivity contribution is 5.05. The maximum atomic E-state index is 3.98. The standard InChI is InChI=1S/C12H21N/c1-7-9-12(5,6)10(3)11(4)13-8-2/h7-8,10,13H,1-2,4,9H2,3,5-6H3. The SMILES string of the molecule is C=CCC(C)(C)C(C)C(=C)NC=C. The zero-order chi connectivity index (χ0) is 10.5. The smallest absolute Gasteiger partial charge is 0.0107 e. The first-order valence-corrected chi connectivity index (χ1v) is 4.63. The van der Waals surface area contributed by atoms with Crippen LogP contribution in [-0.4, -0.2) is 0 Å². The van der Waals surface area contributed by atoms with E-state index in [9.17, 15) is 0 Å². The molecule has 0 saturated carbocycles. The molecule has 0 fully saturated rings. The van der Waals surface area contributed by atoms with Crippen LogP contribution >= 0.6 is 0 Å². The molecule has 0 saturated heterocycles. The highest BCUT2D eigenvalue weighted by Gasteiger charge is 2.25. The first-order chi connectivity index (χ1) is 5.95. The van der Waals surface area contributed by atoms with E-state index in [1.807, 2.05) is 6.08 Å². The summed E-state index contributed by atoms with van der Waals surface area (Å²) in [6, 6.07) is 0. The summed E-state index contributed by atoms with van der Waals surface area (Å²) in [4.78, 5) is 0. The van der Waals surface area contributed by atoms with Crippen LogP contribution in [0.1, 0.15) is 27.2 Å². The Hall–Kier alpha value is -0.980. The Kier molecular flexibility index (Phi) is 4.53. The van der Waals surface area contributed by atoms with Gasteiger partial charge in [-0.25, -0.2) is 0 Å². The molecule has 0 amide bonds. The largest absolute Gasteiger partial charge is 0.366 e. The van der Waals surface area contributed by atoms with Crippen LogP contribution in [0.2, 0.25) is 0 Å². The third-order valence-electron chi connectivity index (χ3n) is 2.65. The first-order valence-electron chi connectivity index (χ1n) is 4.63. The van der Waals surface area contributed by atoms with E-state index < -0.39 is 0 Å². The lowest BCUT2D eigenvalue weighted by Gasteiger charge is -2.32. The monoisotopic (exact) mass is 179 g/mol. The molecule has 0 aliphatic heterocycles. The Balaban J connectivity index is 4.37. The Labute approximate surface area is 82.2 Å². The molecular formula is C12H21N. The maximum absolute atomic E-state index is 3.98. The summed E-state index contributed by atoms with van der Waals surface area (Å²) in [5.74, 6) is 0.406. The van der Waals surface area contributed by atoms with Gasteiger partial charge in [0.25, 0.3) is 0 Å². The zero-order valence-corrected chi connectivity index (χ0v) is 9.06. The van der Waals surface area contributed by atoms with Crippen LogP contribution in [0.5, 0.6) is 0 Å². The van der Waals surface area contributed by atoms with Crippen molar-refractivity contribution in [2.24, 2.45) is 11.3 Å². The molecule has 0 rings (SSSR count). The van der Waals surface area contributed by atoms with Crippen molar-refractivity contribution in [3.8, 4) is 0 Å². The molecule has 0 aliphatic rings. The highest BCUT2D eigenvalue weighted by Crippen LogP contribution is 2.33. The van der Waals surface area contributed by atoms with Gasteiger partial charge in [0.05, 0.1) is 0 Å². The first kappa shape index (κ1) is 12.0. The molecule has 1 heteroatoms. The summed E-state index contributed by atoms with van der Waals surface area (Å²) >= 11 is 0. The van der Waals surface area contributed by atoms with E-state index in [1.54, 1.807) is 6.20 Å². The molecule has 0 aromatic heterocycles. The predicted octanol–water partition coefficient (Wildman–Crippen LogP) is 3.47. The minimum atomic E-state index is 0.203. The second-order valence-electron chi connectivity index (χ2n) is 4.08. The van der Waals surface area contributed by atoms with Gasteiger partial charge in [0.1, 0.15) is 0 Å². The fourth-order valence-corrected chi connectivity index (χ4v) is 1.28. The van der Waals surface area contributed by atoms with Crippen LogP contribution in [0.3, 0.4) is 0 Å². The Morgan fingerprint density at radius 3 is 2.38 bits per heavy atom. The van der Waals surface area contributed by atoms with E-state index in [1.165, 1.54) is 0 Å². The van der Waals surface area contributed by atoms with Crippen molar-refractivity contribution in [1.29, 1.82) is 0 Å². The van der Waals surface area contributed by atoms with Crippen molar-refractivity contribution < 1.29 is 0 Å². The van der Waals surface area contributed by atoms with Crippen molar-refractivity contribution in [2.75, 3.05) is 0 Å². The molecule has 0 spiro atoms. The summed E-state index contributed by atoms with van der Waals surface area (Å²) in [6.07, 6.45) is 4.62. The summed E-state index contributed by atoms with van der Waals surface area (Å²) in [7, 11) is 0. The fraction of sp³-hybridized carbons (Fsp3) is 0.500. The van der Waals surface area contributed by atoms with Gasteiger partial charge in [-0.2, -0.15) is 0 Å². The number of nitrogens with one attached hydrogen (secondary N) is 1. The third-order valence-corrected chi connectivity index (χ3v) is 2.65. The summed E-state index contributed by atoms with van der Waals surface area (Å²) in [6.45, 7) is 18.0. The molecule has 0 aromatic rings. The quantitative estimate of drug-likeness (QED) is 0.616. The molecule has 1 N–H and O–H groups in total. The Morgan fingerprint density at radius 2 is 2.00 bits per heavy atom. The molecule has 0 aromatic carbocycles. The van der Waals surface area contributed by atoms with E-state index >= 15 is 0 Å². The molecule has 1 nitrogen and oxygen atoms in total. The van der Waals surface area contributed by atoms with E-state index in [-0.39, 0.29) is 5.41 Å². The minimum Gasteiger partial charge on any atom is -0.366 e. The molecular weight excluding hydrogens is 158 g/mol. The van der Waals surface area contributed by atoms with Gasteiger partial charge in [0, 0.05) is 11.6 Å². The third kappa shape index (κ3) is 3.49. The lowest BCUT2D eigenvalue weighted by Crippen LogP contribution is -2.26. The molecule has 0 bridgehead atoms. The summed E-state index contributed by atoms with van der Waals surface area (Å²) in [5, 5.41) is 3.04. The normalized spacial score (nSPS) is 13.2. The highest BCUT2D eigenvalue weighted by atomic mass is 14.9. The molecule has 1 unspecified atom stereocenters. The number of rotatable bonds is 6. The molecule has 74 valence electrons. The maximum Gasteiger partial charge on any atom is 0.0107 e. The second-order valence-corrected chi connectivity index (χ2v) is 4.08. The number of allylic oxidation sites excluding steroid dienone is 2. The average molecular weight is 179 g/mol. The van der Waals surface area contributed by atoms with Gasteiger partial charge >= 0.3 is 0 Å². The predicted molar refractivity (Wildman–Crippen MR) is 60.2 cm³/mol. The van der Waals surface area contributed by atoms with Crippen LogP contribution in [-0.2, 0) is 0 Å². The van der Waals surface area contributed by atoms with Crippen LogP contribution in [0, 0.1) is 11.3 Å². The van der Waals surface area contributed by atoms with Gasteiger partial charge in [0.15, 0.2) is 0 Å². The van der Waals surface area contributed by atoms with Crippen LogP contribution < -0.4 is 5.32 Å². The van der Waals surface area contributed by atoms with E-state index in [0.29, 0.717) is 5.92 Å². The summed E-state index contributed by atoms with van der Waals surface area (Å²) in [5.41, 5.74) is 1.22. The van der Waals surface area contributed by atoms with Crippen molar-refractivity contribution in [1.82, 2.24) is 5.32 Å². The zero-order valence-electron chi connectivity index (χ0n) is 9.06. The molecule has 13 heavy (non-hydrogen) atoms. The second kappa shape index (κ2) is 4.90. The van der Waals surface area contributed by atoms with E-state index in [4.69, 9.17) is 0 Å². The van der Waals surface area contributed by atoms with Gasteiger partial charge in [-0.1, -0.05) is 40.0 Å². The van der Waals surface area contributed by atoms with Gasteiger partial charge in [-0.05, 0) is 18.0 Å². The van der Waals surface area contributed by atoms with Gasteiger partial charge in [-0.15, -0.1) is 6.58 Å². The van der Waals surface area contributed by atoms with Crippen LogP contribution in [0.4, 0.5) is 0 Å².